The maximum atomic E-state index is 12.3. The highest BCUT2D eigenvalue weighted by molar-refractivity contribution is 7.92. The van der Waals surface area contributed by atoms with Crippen molar-refractivity contribution in [1.82, 2.24) is 73.4 Å². The van der Waals surface area contributed by atoms with Crippen molar-refractivity contribution < 1.29 is 32.2 Å². The van der Waals surface area contributed by atoms with Crippen LogP contribution in [0.4, 0.5) is 17.5 Å². The molecule has 25 nitrogen and oxygen atoms in total. The quantitative estimate of drug-likeness (QED) is 0.0634. The summed E-state index contributed by atoms with van der Waals surface area (Å²) in [6.07, 6.45) is 15.8. The summed E-state index contributed by atoms with van der Waals surface area (Å²) in [5.41, 5.74) is 25.3. The van der Waals surface area contributed by atoms with Crippen molar-refractivity contribution in [3.63, 3.8) is 0 Å². The number of terminal acetylenes is 1. The molecule has 6 N–H and O–H groups in total. The van der Waals surface area contributed by atoms with Gasteiger partial charge in [0.15, 0.2) is 16.9 Å². The van der Waals surface area contributed by atoms with E-state index >= 15 is 0 Å². The number of hydrogen-bond acceptors (Lipinski definition) is 19. The number of carbonyl (C=O) groups is 2. The van der Waals surface area contributed by atoms with Crippen LogP contribution in [0.2, 0.25) is 0 Å². The Balaban J connectivity index is 0.000000162. The van der Waals surface area contributed by atoms with Crippen molar-refractivity contribution in [3.8, 4) is 80.6 Å². The minimum absolute atomic E-state index is 0. The summed E-state index contributed by atoms with van der Waals surface area (Å²) in [7, 11) is -3.49. The van der Waals surface area contributed by atoms with Gasteiger partial charge in [-0.2, -0.15) is 19.6 Å². The van der Waals surface area contributed by atoms with Crippen molar-refractivity contribution in [3.05, 3.63) is 207 Å². The van der Waals surface area contributed by atoms with Gasteiger partial charge in [0.2, 0.25) is 15.9 Å². The molecule has 3 fully saturated rings. The maximum Gasteiger partial charge on any atom is 0.298 e. The molecule has 6 aromatic carbocycles. The largest absolute Gasteiger partial charge is 0.457 e. The van der Waals surface area contributed by atoms with E-state index < -0.39 is 10.0 Å². The molecule has 2 amide bonds. The second-order valence-corrected chi connectivity index (χ2v) is 25.4. The molecule has 0 bridgehead atoms. The van der Waals surface area contributed by atoms with Gasteiger partial charge < -0.3 is 41.2 Å². The van der Waals surface area contributed by atoms with Crippen LogP contribution in [0.3, 0.4) is 0 Å². The normalized spacial score (nSPS) is 15.2. The van der Waals surface area contributed by atoms with Gasteiger partial charge in [0.1, 0.15) is 88.0 Å². The summed E-state index contributed by atoms with van der Waals surface area (Å²) in [6.45, 7) is 8.35. The number of nitrogens with zero attached hydrogens (tertiary/aromatic N) is 15. The number of para-hydroxylation sites is 3. The number of amides is 2. The average Bonchev–Trinajstić information content (AvgIpc) is 1.62. The molecule has 3 saturated heterocycles. The van der Waals surface area contributed by atoms with Gasteiger partial charge in [-0.3, -0.25) is 9.59 Å². The third kappa shape index (κ3) is 15.6. The number of piperidine rings is 1. The zero-order chi connectivity index (χ0) is 68.6. The molecule has 0 saturated carbocycles. The summed E-state index contributed by atoms with van der Waals surface area (Å²) >= 11 is 0. The van der Waals surface area contributed by atoms with Crippen LogP contribution in [-0.2, 0) is 19.6 Å². The molecular formula is C76H80N18O7S. The molecular weight excluding hydrogens is 1310 g/mol. The van der Waals surface area contributed by atoms with Crippen molar-refractivity contribution >= 4 is 72.4 Å². The number of aromatic nitrogens is 12. The van der Waals surface area contributed by atoms with Gasteiger partial charge in [0, 0.05) is 61.4 Å². The van der Waals surface area contributed by atoms with E-state index in [1.54, 1.807) is 21.7 Å². The van der Waals surface area contributed by atoms with Crippen LogP contribution in [0.25, 0.3) is 66.9 Å². The first-order chi connectivity index (χ1) is 48.2. The molecule has 6 aromatic heterocycles. The lowest BCUT2D eigenvalue weighted by atomic mass is 10.1. The van der Waals surface area contributed by atoms with E-state index in [0.717, 1.165) is 81.2 Å². The van der Waals surface area contributed by atoms with Crippen LogP contribution >= 0.6 is 0 Å². The number of benzene rings is 6. The van der Waals surface area contributed by atoms with E-state index in [4.69, 9.17) is 53.1 Å². The molecule has 2 atom stereocenters. The summed E-state index contributed by atoms with van der Waals surface area (Å²) in [4.78, 5) is 53.5. The number of nitrogen functional groups attached to an aromatic ring is 3. The SMILES string of the molecule is C.C.C.C#CC(=O)N1CCC(n2nc(-c3ccc(Oc4ccccc4)cc3)c3c(N)ncnc32)CC1.C/C=C/C(=O)N1CCC(n2nc(-c3ccc(Oc4ccccc4)cc3)c3c(N)ncnc32)C1.C=CS(=O)(=O)N1CCC(n2nc(-c3ccc(Oc4ccccc4)cc3)c3c(N)ncnc32)C1. The number of rotatable bonds is 15. The number of allylic oxidation sites excluding steroid dienone is 1. The lowest BCUT2D eigenvalue weighted by Crippen LogP contribution is -2.38. The number of likely N-dealkylation sites (tertiary alicyclic amines) is 2. The topological polar surface area (TPSA) is 315 Å². The van der Waals surface area contributed by atoms with Crippen LogP contribution < -0.4 is 31.4 Å². The average molecular weight is 1390 g/mol. The van der Waals surface area contributed by atoms with E-state index in [9.17, 15) is 18.0 Å². The second-order valence-electron chi connectivity index (χ2n) is 23.5. The predicted octanol–water partition coefficient (Wildman–Crippen LogP) is 13.4. The first kappa shape index (κ1) is 72.4. The van der Waals surface area contributed by atoms with E-state index in [-0.39, 0.29) is 52.2 Å². The Morgan fingerprint density at radius 3 is 1.18 bits per heavy atom. The number of carbonyl (C=O) groups excluding carboxylic acids is 2. The molecule has 26 heteroatoms. The fourth-order valence-electron chi connectivity index (χ4n) is 12.3. The van der Waals surface area contributed by atoms with Crippen molar-refractivity contribution in [2.45, 2.75) is 73.0 Å². The lowest BCUT2D eigenvalue weighted by Gasteiger charge is -2.30. The minimum atomic E-state index is -3.49. The number of fused-ring (bicyclic) bond motifs is 3. The monoisotopic (exact) mass is 1390 g/mol. The predicted molar refractivity (Wildman–Crippen MR) is 398 cm³/mol. The van der Waals surface area contributed by atoms with Crippen LogP contribution in [0.15, 0.2) is 207 Å². The second kappa shape index (κ2) is 32.1. The summed E-state index contributed by atoms with van der Waals surface area (Å²) < 4.78 is 49.1. The highest BCUT2D eigenvalue weighted by Crippen LogP contribution is 2.39. The maximum absolute atomic E-state index is 12.3. The number of ether oxygens (including phenoxy) is 3. The molecule has 3 aliphatic rings. The molecule has 0 aliphatic carbocycles. The fraction of sp³-hybridized carbons (Fsp3) is 0.224. The number of hydrogen-bond donors (Lipinski definition) is 3. The molecule has 9 heterocycles. The van der Waals surface area contributed by atoms with E-state index in [2.05, 4.69) is 42.4 Å². The highest BCUT2D eigenvalue weighted by Gasteiger charge is 2.35. The van der Waals surface area contributed by atoms with E-state index in [1.807, 2.05) is 185 Å². The Morgan fingerprint density at radius 2 is 0.814 bits per heavy atom. The molecule has 522 valence electrons. The molecule has 2 unspecified atom stereocenters. The first-order valence-electron chi connectivity index (χ1n) is 32.0. The summed E-state index contributed by atoms with van der Waals surface area (Å²) in [5.74, 6) is 7.45. The van der Waals surface area contributed by atoms with Crippen molar-refractivity contribution in [2.75, 3.05) is 56.5 Å². The number of sulfonamides is 1. The van der Waals surface area contributed by atoms with Crippen LogP contribution in [0, 0.1) is 12.3 Å². The number of anilines is 3. The molecule has 0 spiro atoms. The standard InChI is InChI=1S/C25H22N6O2.C25H24N6O2.C23H22N6O3S.3CH4/c1-2-21(32)30-14-12-18(13-15-30)31-25-22(24(26)27-16-28-25)23(29-31)17-8-10-20(11-9-17)33-19-6-4-3-5-7-19;1-2-6-21(32)30-14-13-18(15-30)31-25-22(24(26)27-16-28-25)23(29-31)17-9-11-20(12-10-17)33-19-7-4-3-5-8-19;1-2-33(30,31)28-13-12-17(14-28)29-23-20(22(24)25-15-26-23)21(27-29)16-8-10-19(11-9-16)32-18-6-4-3-5-7-18;;;/h1,3-11,16,18H,12-15H2,(H2,26,27,28);2-12,16,18H,13-15H2,1H3,(H2,26,27,28);2-11,15,17H,1,12-14H2,(H2,24,25,26);3*1H4/b;6-2+;;;;. The summed E-state index contributed by atoms with van der Waals surface area (Å²) in [5, 5.41) is 17.6. The van der Waals surface area contributed by atoms with Gasteiger partial charge >= 0.3 is 0 Å². The van der Waals surface area contributed by atoms with Gasteiger partial charge in [0.05, 0.1) is 34.3 Å². The fourth-order valence-corrected chi connectivity index (χ4v) is 13.3. The lowest BCUT2D eigenvalue weighted by molar-refractivity contribution is -0.126. The Kier molecular flexibility index (Phi) is 22.8. The zero-order valence-corrected chi connectivity index (χ0v) is 54.7. The highest BCUT2D eigenvalue weighted by atomic mass is 32.2. The van der Waals surface area contributed by atoms with E-state index in [1.165, 1.54) is 23.3 Å². The molecule has 0 radical (unpaired) electrons. The van der Waals surface area contributed by atoms with Gasteiger partial charge in [-0.15, -0.1) is 6.42 Å². The van der Waals surface area contributed by atoms with Gasteiger partial charge in [-0.1, -0.05) is 89.5 Å². The molecule has 12 aromatic rings. The summed E-state index contributed by atoms with van der Waals surface area (Å²) in [6, 6.07) is 51.6. The van der Waals surface area contributed by atoms with Crippen molar-refractivity contribution in [2.24, 2.45) is 0 Å². The number of nitrogens with two attached hydrogens (primary N) is 3. The van der Waals surface area contributed by atoms with Crippen molar-refractivity contribution in [1.29, 1.82) is 0 Å². The van der Waals surface area contributed by atoms with Crippen LogP contribution in [-0.4, -0.2) is 133 Å². The van der Waals surface area contributed by atoms with Gasteiger partial charge in [-0.05, 0) is 154 Å². The van der Waals surface area contributed by atoms with Crippen LogP contribution in [0.1, 0.15) is 73.0 Å². The van der Waals surface area contributed by atoms with Gasteiger partial charge in [0.25, 0.3) is 5.91 Å². The smallest absolute Gasteiger partial charge is 0.298 e. The Hall–Kier alpha value is -12.3. The first-order valence-corrected chi connectivity index (χ1v) is 33.5. The Bertz CT molecular complexity index is 5080. The van der Waals surface area contributed by atoms with E-state index in [0.29, 0.717) is 108 Å². The third-order valence-corrected chi connectivity index (χ3v) is 18.7. The zero-order valence-electron chi connectivity index (χ0n) is 53.8. The van der Waals surface area contributed by atoms with Gasteiger partial charge in [-0.25, -0.2) is 52.4 Å². The van der Waals surface area contributed by atoms with Crippen LogP contribution in [0.5, 0.6) is 34.5 Å². The Morgan fingerprint density at radius 1 is 0.480 bits per heavy atom. The Labute approximate surface area is 592 Å². The molecule has 102 heavy (non-hydrogen) atoms. The molecule has 15 rings (SSSR count). The molecule has 3 aliphatic heterocycles. The third-order valence-electron chi connectivity index (χ3n) is 17.3. The minimum Gasteiger partial charge on any atom is -0.457 e.